The second-order valence-corrected chi connectivity index (χ2v) is 4.10. The Labute approximate surface area is 95.9 Å². The average Bonchev–Trinajstić information content (AvgIpc) is 2.54. The maximum absolute atomic E-state index is 11.4. The lowest BCUT2D eigenvalue weighted by Crippen LogP contribution is -2.07. The zero-order valence-electron chi connectivity index (χ0n) is 9.32. The number of esters is 1. The molecule has 1 atom stereocenters. The molecule has 1 aliphatic rings. The summed E-state index contributed by atoms with van der Waals surface area (Å²) in [5.41, 5.74) is 2.17. The van der Waals surface area contributed by atoms with Gasteiger partial charge >= 0.3 is 5.97 Å². The highest BCUT2D eigenvalue weighted by Gasteiger charge is 2.19. The maximum atomic E-state index is 11.4. The number of hydrogen-bond acceptors (Lipinski definition) is 2. The lowest BCUT2D eigenvalue weighted by Gasteiger charge is -2.15. The van der Waals surface area contributed by atoms with Gasteiger partial charge in [-0.2, -0.15) is 0 Å². The number of hydrogen-bond donors (Lipinski definition) is 0. The molecule has 1 fully saturated rings. The van der Waals surface area contributed by atoms with Crippen molar-refractivity contribution in [2.24, 2.45) is 0 Å². The van der Waals surface area contributed by atoms with Crippen LogP contribution in [-0.4, -0.2) is 5.97 Å². The Morgan fingerprint density at radius 3 is 2.69 bits per heavy atom. The van der Waals surface area contributed by atoms with Crippen LogP contribution in [0.1, 0.15) is 42.9 Å². The van der Waals surface area contributed by atoms with E-state index >= 15 is 0 Å². The minimum Gasteiger partial charge on any atom is -0.457 e. The summed E-state index contributed by atoms with van der Waals surface area (Å²) in [5, 5.41) is 0. The van der Waals surface area contributed by atoms with Gasteiger partial charge in [-0.3, -0.25) is 4.79 Å². The van der Waals surface area contributed by atoms with E-state index in [1.54, 1.807) is 0 Å². The van der Waals surface area contributed by atoms with Crippen LogP contribution in [0, 0.1) is 0 Å². The van der Waals surface area contributed by atoms with Crippen LogP contribution in [0.3, 0.4) is 0 Å². The van der Waals surface area contributed by atoms with Crippen molar-refractivity contribution in [3.05, 3.63) is 42.0 Å². The first-order valence-electron chi connectivity index (χ1n) is 5.71. The topological polar surface area (TPSA) is 26.3 Å². The second kappa shape index (κ2) is 4.97. The number of carbonyl (C=O) groups excluding carboxylic acids is 1. The zero-order chi connectivity index (χ0) is 11.4. The number of carbonyl (C=O) groups is 1. The van der Waals surface area contributed by atoms with E-state index < -0.39 is 0 Å². The van der Waals surface area contributed by atoms with E-state index in [9.17, 15) is 4.79 Å². The highest BCUT2D eigenvalue weighted by atomic mass is 16.5. The van der Waals surface area contributed by atoms with Gasteiger partial charge in [-0.1, -0.05) is 36.9 Å². The first-order chi connectivity index (χ1) is 7.79. The lowest BCUT2D eigenvalue weighted by molar-refractivity contribution is -0.148. The van der Waals surface area contributed by atoms with Gasteiger partial charge in [-0.05, 0) is 30.4 Å². The van der Waals surface area contributed by atoms with Crippen molar-refractivity contribution in [3.8, 4) is 0 Å². The Kier molecular flexibility index (Phi) is 3.40. The fourth-order valence-electron chi connectivity index (χ4n) is 1.96. The molecule has 0 aromatic heterocycles. The summed E-state index contributed by atoms with van der Waals surface area (Å²) in [7, 11) is 0. The Hall–Kier alpha value is -1.57. The average molecular weight is 216 g/mol. The molecular weight excluding hydrogens is 200 g/mol. The van der Waals surface area contributed by atoms with Gasteiger partial charge in [-0.15, -0.1) is 0 Å². The van der Waals surface area contributed by atoms with E-state index in [1.807, 2.05) is 30.3 Å². The summed E-state index contributed by atoms with van der Waals surface area (Å²) in [6, 6.07) is 8.03. The molecule has 2 nitrogen and oxygen atoms in total. The number of rotatable bonds is 2. The van der Waals surface area contributed by atoms with Crippen molar-refractivity contribution in [2.45, 2.75) is 31.8 Å². The van der Waals surface area contributed by atoms with Crippen molar-refractivity contribution in [2.75, 3.05) is 0 Å². The van der Waals surface area contributed by atoms with Crippen molar-refractivity contribution < 1.29 is 9.53 Å². The van der Waals surface area contributed by atoms with Crippen molar-refractivity contribution in [1.29, 1.82) is 0 Å². The van der Waals surface area contributed by atoms with Crippen molar-refractivity contribution >= 4 is 12.0 Å². The van der Waals surface area contributed by atoms with Gasteiger partial charge in [0.25, 0.3) is 0 Å². The largest absolute Gasteiger partial charge is 0.457 e. The van der Waals surface area contributed by atoms with E-state index in [0.717, 1.165) is 30.4 Å². The Morgan fingerprint density at radius 2 is 2.00 bits per heavy atom. The summed E-state index contributed by atoms with van der Waals surface area (Å²) < 4.78 is 5.41. The molecule has 1 heterocycles. The monoisotopic (exact) mass is 216 g/mol. The molecule has 84 valence electrons. The first kappa shape index (κ1) is 10.9. The van der Waals surface area contributed by atoms with Gasteiger partial charge < -0.3 is 4.74 Å². The Morgan fingerprint density at radius 1 is 1.25 bits per heavy atom. The summed E-state index contributed by atoms with van der Waals surface area (Å²) in [6.45, 7) is 3.71. The Bertz CT molecular complexity index is 378. The molecule has 0 saturated carbocycles. The lowest BCUT2D eigenvalue weighted by atomic mass is 10.0. The highest BCUT2D eigenvalue weighted by molar-refractivity contribution is 5.70. The normalized spacial score (nSPS) is 21.0. The summed E-state index contributed by atoms with van der Waals surface area (Å²) >= 11 is 0. The molecule has 1 aliphatic heterocycles. The second-order valence-electron chi connectivity index (χ2n) is 4.10. The van der Waals surface area contributed by atoms with Crippen LogP contribution in [0.5, 0.6) is 0 Å². The van der Waals surface area contributed by atoms with Crippen LogP contribution in [0.25, 0.3) is 6.08 Å². The molecule has 0 aliphatic carbocycles. The van der Waals surface area contributed by atoms with Crippen molar-refractivity contribution in [1.82, 2.24) is 0 Å². The minimum atomic E-state index is -0.0738. The fourth-order valence-corrected chi connectivity index (χ4v) is 1.96. The smallest absolute Gasteiger partial charge is 0.306 e. The Balaban J connectivity index is 2.15. The minimum absolute atomic E-state index is 0.0612. The number of benzene rings is 1. The molecule has 2 rings (SSSR count). The van der Waals surface area contributed by atoms with E-state index in [4.69, 9.17) is 4.74 Å². The van der Waals surface area contributed by atoms with Crippen LogP contribution in [0.2, 0.25) is 0 Å². The van der Waals surface area contributed by atoms with Gasteiger partial charge in [-0.25, -0.2) is 0 Å². The predicted octanol–water partition coefficient (Wildman–Crippen LogP) is 3.49. The van der Waals surface area contributed by atoms with Crippen LogP contribution >= 0.6 is 0 Å². The van der Waals surface area contributed by atoms with Crippen LogP contribution in [-0.2, 0) is 9.53 Å². The molecule has 0 spiro atoms. The standard InChI is InChI=1S/C14H16O2/c1-2-11-7-9-12(10-8-11)13-5-3-4-6-14(15)16-13/h2,7-10,13H,1,3-6H2. The van der Waals surface area contributed by atoms with E-state index in [2.05, 4.69) is 6.58 Å². The molecule has 0 N–H and O–H groups in total. The molecule has 0 radical (unpaired) electrons. The molecule has 1 unspecified atom stereocenters. The molecule has 2 heteroatoms. The van der Waals surface area contributed by atoms with E-state index in [1.165, 1.54) is 0 Å². The first-order valence-corrected chi connectivity index (χ1v) is 5.71. The third kappa shape index (κ3) is 2.51. The summed E-state index contributed by atoms with van der Waals surface area (Å²) in [6.07, 6.45) is 5.23. The summed E-state index contributed by atoms with van der Waals surface area (Å²) in [5.74, 6) is -0.0738. The quantitative estimate of drug-likeness (QED) is 0.707. The molecule has 1 aromatic rings. The third-order valence-corrected chi connectivity index (χ3v) is 2.91. The molecular formula is C14H16O2. The van der Waals surface area contributed by atoms with Gasteiger partial charge in [0.1, 0.15) is 6.10 Å². The number of cyclic esters (lactones) is 1. The van der Waals surface area contributed by atoms with E-state index in [0.29, 0.717) is 6.42 Å². The van der Waals surface area contributed by atoms with E-state index in [-0.39, 0.29) is 12.1 Å². The maximum Gasteiger partial charge on any atom is 0.306 e. The third-order valence-electron chi connectivity index (χ3n) is 2.91. The number of ether oxygens (including phenoxy) is 1. The fraction of sp³-hybridized carbons (Fsp3) is 0.357. The van der Waals surface area contributed by atoms with Gasteiger partial charge in [0, 0.05) is 6.42 Å². The highest BCUT2D eigenvalue weighted by Crippen LogP contribution is 2.27. The molecule has 1 saturated heterocycles. The van der Waals surface area contributed by atoms with Crippen LogP contribution < -0.4 is 0 Å². The predicted molar refractivity (Wildman–Crippen MR) is 63.8 cm³/mol. The summed E-state index contributed by atoms with van der Waals surface area (Å²) in [4.78, 5) is 11.4. The van der Waals surface area contributed by atoms with Crippen LogP contribution in [0.4, 0.5) is 0 Å². The molecule has 1 aromatic carbocycles. The molecule has 16 heavy (non-hydrogen) atoms. The SMILES string of the molecule is C=Cc1ccc(C2CCCCC(=O)O2)cc1. The van der Waals surface area contributed by atoms with Gasteiger partial charge in [0.15, 0.2) is 0 Å². The van der Waals surface area contributed by atoms with Gasteiger partial charge in [0.05, 0.1) is 0 Å². The zero-order valence-corrected chi connectivity index (χ0v) is 9.32. The molecule has 0 bridgehead atoms. The van der Waals surface area contributed by atoms with Crippen molar-refractivity contribution in [3.63, 3.8) is 0 Å². The van der Waals surface area contributed by atoms with Crippen LogP contribution in [0.15, 0.2) is 30.8 Å². The molecule has 0 amide bonds. The van der Waals surface area contributed by atoms with Gasteiger partial charge in [0.2, 0.25) is 0 Å².